The SMILES string of the molecule is C=CCNC(=NC)NCC1(CCOCC)CCCC1.I. The zero-order chi connectivity index (χ0) is 14.0. The fraction of sp³-hybridized carbons (Fsp3) is 0.800. The number of nitrogens with zero attached hydrogens (tertiary/aromatic N) is 1. The highest BCUT2D eigenvalue weighted by molar-refractivity contribution is 14.0. The molecule has 0 spiro atoms. The summed E-state index contributed by atoms with van der Waals surface area (Å²) in [5.41, 5.74) is 0.390. The first kappa shape index (κ1) is 19.7. The molecule has 0 aromatic rings. The summed E-state index contributed by atoms with van der Waals surface area (Å²) < 4.78 is 5.53. The van der Waals surface area contributed by atoms with Gasteiger partial charge in [-0.3, -0.25) is 4.99 Å². The third kappa shape index (κ3) is 6.92. The highest BCUT2D eigenvalue weighted by Crippen LogP contribution is 2.40. The van der Waals surface area contributed by atoms with Crippen molar-refractivity contribution < 1.29 is 4.74 Å². The fourth-order valence-electron chi connectivity index (χ4n) is 2.73. The molecule has 4 nitrogen and oxygen atoms in total. The molecule has 0 aromatic carbocycles. The van der Waals surface area contributed by atoms with E-state index in [4.69, 9.17) is 4.74 Å². The van der Waals surface area contributed by atoms with Gasteiger partial charge < -0.3 is 15.4 Å². The average molecular weight is 395 g/mol. The van der Waals surface area contributed by atoms with Gasteiger partial charge in [0.25, 0.3) is 0 Å². The summed E-state index contributed by atoms with van der Waals surface area (Å²) in [6, 6.07) is 0. The Morgan fingerprint density at radius 3 is 2.60 bits per heavy atom. The Hall–Kier alpha value is -0.300. The Bertz CT molecular complexity index is 289. The quantitative estimate of drug-likeness (QED) is 0.218. The van der Waals surface area contributed by atoms with Crippen molar-refractivity contribution in [2.45, 2.75) is 39.0 Å². The van der Waals surface area contributed by atoms with Crippen molar-refractivity contribution in [2.24, 2.45) is 10.4 Å². The Kier molecular flexibility index (Phi) is 11.2. The van der Waals surface area contributed by atoms with Gasteiger partial charge in [0.2, 0.25) is 0 Å². The van der Waals surface area contributed by atoms with Crippen LogP contribution in [0.25, 0.3) is 0 Å². The van der Waals surface area contributed by atoms with Gasteiger partial charge in [-0.05, 0) is 31.6 Å². The van der Waals surface area contributed by atoms with Crippen LogP contribution in [-0.4, -0.2) is 39.3 Å². The second-order valence-corrected chi connectivity index (χ2v) is 5.25. The molecule has 1 fully saturated rings. The smallest absolute Gasteiger partial charge is 0.191 e. The van der Waals surface area contributed by atoms with Crippen LogP contribution in [0.2, 0.25) is 0 Å². The van der Waals surface area contributed by atoms with Gasteiger partial charge in [0, 0.05) is 33.4 Å². The van der Waals surface area contributed by atoms with Crippen molar-refractivity contribution >= 4 is 29.9 Å². The monoisotopic (exact) mass is 395 g/mol. The van der Waals surface area contributed by atoms with Gasteiger partial charge in [0.15, 0.2) is 5.96 Å². The topological polar surface area (TPSA) is 45.7 Å². The first-order chi connectivity index (χ1) is 9.26. The molecule has 0 aromatic heterocycles. The molecule has 0 amide bonds. The van der Waals surface area contributed by atoms with Crippen molar-refractivity contribution in [3.05, 3.63) is 12.7 Å². The van der Waals surface area contributed by atoms with Gasteiger partial charge >= 0.3 is 0 Å². The summed E-state index contributed by atoms with van der Waals surface area (Å²) in [4.78, 5) is 4.23. The minimum Gasteiger partial charge on any atom is -0.382 e. The molecular weight excluding hydrogens is 365 g/mol. The van der Waals surface area contributed by atoms with E-state index in [2.05, 4.69) is 29.1 Å². The first-order valence-corrected chi connectivity index (χ1v) is 7.39. The summed E-state index contributed by atoms with van der Waals surface area (Å²) in [6.07, 6.45) is 8.26. The van der Waals surface area contributed by atoms with E-state index in [1.807, 2.05) is 6.08 Å². The summed E-state index contributed by atoms with van der Waals surface area (Å²) in [5, 5.41) is 6.67. The van der Waals surface area contributed by atoms with Gasteiger partial charge in [-0.15, -0.1) is 30.6 Å². The standard InChI is InChI=1S/C15H29N3O.HI/c1-4-11-17-14(16-3)18-13-15(8-6-7-9-15)10-12-19-5-2;/h4H,1,5-13H2,2-3H3,(H2,16,17,18);1H. The molecule has 0 bridgehead atoms. The van der Waals surface area contributed by atoms with Crippen LogP contribution in [0.5, 0.6) is 0 Å². The molecule has 0 heterocycles. The van der Waals surface area contributed by atoms with Crippen LogP contribution in [0.4, 0.5) is 0 Å². The van der Waals surface area contributed by atoms with Gasteiger partial charge in [-0.2, -0.15) is 0 Å². The van der Waals surface area contributed by atoms with Crippen molar-refractivity contribution in [3.8, 4) is 0 Å². The number of nitrogens with one attached hydrogen (secondary N) is 2. The third-order valence-corrected chi connectivity index (χ3v) is 3.91. The number of ether oxygens (including phenoxy) is 1. The lowest BCUT2D eigenvalue weighted by Gasteiger charge is -2.30. The number of guanidine groups is 1. The highest BCUT2D eigenvalue weighted by atomic mass is 127. The number of aliphatic imine (C=N–C) groups is 1. The fourth-order valence-corrected chi connectivity index (χ4v) is 2.73. The molecule has 1 rings (SSSR count). The molecule has 0 unspecified atom stereocenters. The van der Waals surface area contributed by atoms with E-state index in [0.717, 1.165) is 38.7 Å². The molecule has 5 heteroatoms. The van der Waals surface area contributed by atoms with Crippen molar-refractivity contribution in [1.82, 2.24) is 10.6 Å². The maximum atomic E-state index is 5.53. The van der Waals surface area contributed by atoms with Crippen molar-refractivity contribution in [1.29, 1.82) is 0 Å². The van der Waals surface area contributed by atoms with Crippen LogP contribution in [0, 0.1) is 5.41 Å². The second-order valence-electron chi connectivity index (χ2n) is 5.25. The van der Waals surface area contributed by atoms with Crippen LogP contribution in [0.15, 0.2) is 17.6 Å². The largest absolute Gasteiger partial charge is 0.382 e. The molecule has 1 saturated carbocycles. The number of rotatable bonds is 8. The molecule has 0 saturated heterocycles. The lowest BCUT2D eigenvalue weighted by molar-refractivity contribution is 0.105. The molecule has 0 radical (unpaired) electrons. The maximum absolute atomic E-state index is 5.53. The van der Waals surface area contributed by atoms with E-state index in [9.17, 15) is 0 Å². The molecule has 0 aliphatic heterocycles. The van der Waals surface area contributed by atoms with E-state index >= 15 is 0 Å². The average Bonchev–Trinajstić information content (AvgIpc) is 2.89. The van der Waals surface area contributed by atoms with Gasteiger partial charge in [0.1, 0.15) is 0 Å². The number of halogens is 1. The summed E-state index contributed by atoms with van der Waals surface area (Å²) >= 11 is 0. The molecule has 1 aliphatic rings. The maximum Gasteiger partial charge on any atom is 0.191 e. The lowest BCUT2D eigenvalue weighted by Crippen LogP contribution is -2.43. The Morgan fingerprint density at radius 2 is 2.05 bits per heavy atom. The lowest BCUT2D eigenvalue weighted by atomic mass is 9.83. The second kappa shape index (κ2) is 11.4. The van der Waals surface area contributed by atoms with E-state index < -0.39 is 0 Å². The van der Waals surface area contributed by atoms with E-state index in [-0.39, 0.29) is 24.0 Å². The first-order valence-electron chi connectivity index (χ1n) is 7.39. The van der Waals surface area contributed by atoms with Crippen LogP contribution < -0.4 is 10.6 Å². The predicted molar refractivity (Wildman–Crippen MR) is 97.0 cm³/mol. The molecular formula is C15H30IN3O. The summed E-state index contributed by atoms with van der Waals surface area (Å²) in [7, 11) is 1.81. The van der Waals surface area contributed by atoms with E-state index in [1.165, 1.54) is 25.7 Å². The predicted octanol–water partition coefficient (Wildman–Crippen LogP) is 2.94. The Morgan fingerprint density at radius 1 is 1.35 bits per heavy atom. The van der Waals surface area contributed by atoms with E-state index in [0.29, 0.717) is 5.41 Å². The summed E-state index contributed by atoms with van der Waals surface area (Å²) in [6.45, 7) is 9.17. The minimum atomic E-state index is 0. The minimum absolute atomic E-state index is 0. The van der Waals surface area contributed by atoms with Crippen LogP contribution in [0.3, 0.4) is 0 Å². The molecule has 118 valence electrons. The number of hydrogen-bond donors (Lipinski definition) is 2. The zero-order valence-corrected chi connectivity index (χ0v) is 15.2. The van der Waals surface area contributed by atoms with Crippen LogP contribution >= 0.6 is 24.0 Å². The molecule has 20 heavy (non-hydrogen) atoms. The van der Waals surface area contributed by atoms with Gasteiger partial charge in [-0.25, -0.2) is 0 Å². The van der Waals surface area contributed by atoms with Gasteiger partial charge in [-0.1, -0.05) is 18.9 Å². The number of hydrogen-bond acceptors (Lipinski definition) is 2. The Labute approximate surface area is 140 Å². The summed E-state index contributed by atoms with van der Waals surface area (Å²) in [5.74, 6) is 0.864. The van der Waals surface area contributed by atoms with Gasteiger partial charge in [0.05, 0.1) is 0 Å². The third-order valence-electron chi connectivity index (χ3n) is 3.91. The molecule has 2 N–H and O–H groups in total. The van der Waals surface area contributed by atoms with Crippen LogP contribution in [-0.2, 0) is 4.74 Å². The van der Waals surface area contributed by atoms with Crippen molar-refractivity contribution in [2.75, 3.05) is 33.4 Å². The zero-order valence-electron chi connectivity index (χ0n) is 12.9. The Balaban J connectivity index is 0.00000361. The highest BCUT2D eigenvalue weighted by Gasteiger charge is 2.33. The van der Waals surface area contributed by atoms with Crippen molar-refractivity contribution in [3.63, 3.8) is 0 Å². The molecule has 0 atom stereocenters. The van der Waals surface area contributed by atoms with Crippen LogP contribution in [0.1, 0.15) is 39.0 Å². The normalized spacial score (nSPS) is 17.4. The molecule has 1 aliphatic carbocycles. The van der Waals surface area contributed by atoms with E-state index in [1.54, 1.807) is 7.05 Å².